The molecule has 0 aliphatic heterocycles. The van der Waals surface area contributed by atoms with Gasteiger partial charge in [0.25, 0.3) is 0 Å². The molecule has 1 aromatic heterocycles. The first kappa shape index (κ1) is 25.0. The second-order valence-electron chi connectivity index (χ2n) is 8.95. The zero-order valence-electron chi connectivity index (χ0n) is 20.4. The number of aliphatic carboxylic acids is 1. The van der Waals surface area contributed by atoms with Crippen LogP contribution in [-0.4, -0.2) is 42.8 Å². The summed E-state index contributed by atoms with van der Waals surface area (Å²) in [5.74, 6) is -1.52. The van der Waals surface area contributed by atoms with Crippen LogP contribution in [0.15, 0.2) is 89.8 Å². The Morgan fingerprint density at radius 3 is 2.26 bits per heavy atom. The third-order valence-corrected chi connectivity index (χ3v) is 7.58. The zero-order valence-corrected chi connectivity index (χ0v) is 21.2. The molecule has 8 nitrogen and oxygen atoms in total. The number of hydrogen-bond acceptors (Lipinski definition) is 5. The van der Waals surface area contributed by atoms with Crippen LogP contribution < -0.4 is 10.5 Å². The molecular formula is C29H24N2O6S. The summed E-state index contributed by atoms with van der Waals surface area (Å²) in [4.78, 5) is 24.1. The van der Waals surface area contributed by atoms with Gasteiger partial charge >= 0.3 is 5.97 Å². The van der Waals surface area contributed by atoms with Gasteiger partial charge in [0.15, 0.2) is 16.4 Å². The van der Waals surface area contributed by atoms with Crippen LogP contribution in [0, 0.1) is 0 Å². The van der Waals surface area contributed by atoms with E-state index in [4.69, 9.17) is 10.5 Å². The van der Waals surface area contributed by atoms with Crippen molar-refractivity contribution in [2.75, 3.05) is 12.9 Å². The molecular weight excluding hydrogens is 504 g/mol. The number of primary amides is 1. The molecule has 0 spiro atoms. The largest absolute Gasteiger partial charge is 0.481 e. The van der Waals surface area contributed by atoms with E-state index < -0.39 is 28.3 Å². The lowest BCUT2D eigenvalue weighted by molar-refractivity contribution is -0.139. The number of ether oxygens (including phenoxy) is 1. The minimum Gasteiger partial charge on any atom is -0.481 e. The summed E-state index contributed by atoms with van der Waals surface area (Å²) in [6, 6.07) is 25.0. The fourth-order valence-electron chi connectivity index (χ4n) is 4.82. The Morgan fingerprint density at radius 2 is 1.58 bits per heavy atom. The minimum absolute atomic E-state index is 0.169. The standard InChI is InChI=1S/C29H24N2O6S/c1-38(35,36)25-13-6-5-10-19(25)16-31-22-12-7-11-21(29(30)34)27(22)28-23(31)14-20(18-8-3-2-4-9-18)15-24(28)37-17-26(32)33/h2-15H,16-17H2,1H3,(H2,30,34)(H,32,33). The molecule has 0 saturated carbocycles. The first-order chi connectivity index (χ1) is 18.1. The van der Waals surface area contributed by atoms with Crippen molar-refractivity contribution in [3.8, 4) is 16.9 Å². The van der Waals surface area contributed by atoms with Crippen molar-refractivity contribution < 1.29 is 27.9 Å². The molecule has 0 aliphatic carbocycles. The molecule has 0 radical (unpaired) electrons. The molecule has 5 rings (SSSR count). The number of carbonyl (C=O) groups excluding carboxylic acids is 1. The lowest BCUT2D eigenvalue weighted by atomic mass is 10.0. The molecule has 38 heavy (non-hydrogen) atoms. The molecule has 5 aromatic rings. The maximum Gasteiger partial charge on any atom is 0.341 e. The molecule has 9 heteroatoms. The Bertz CT molecular complexity index is 1830. The van der Waals surface area contributed by atoms with Gasteiger partial charge in [0.05, 0.1) is 21.3 Å². The Morgan fingerprint density at radius 1 is 0.868 bits per heavy atom. The summed E-state index contributed by atoms with van der Waals surface area (Å²) < 4.78 is 32.8. The third kappa shape index (κ3) is 4.59. The van der Waals surface area contributed by atoms with Gasteiger partial charge in [-0.05, 0) is 47.0 Å². The Kier molecular flexibility index (Phi) is 6.38. The van der Waals surface area contributed by atoms with Crippen molar-refractivity contribution in [1.29, 1.82) is 0 Å². The fourth-order valence-corrected chi connectivity index (χ4v) is 5.75. The van der Waals surface area contributed by atoms with Gasteiger partial charge in [0.1, 0.15) is 5.75 Å². The smallest absolute Gasteiger partial charge is 0.341 e. The molecule has 0 saturated heterocycles. The number of nitrogens with two attached hydrogens (primary N) is 1. The van der Waals surface area contributed by atoms with Crippen LogP contribution in [0.25, 0.3) is 32.9 Å². The summed E-state index contributed by atoms with van der Waals surface area (Å²) in [5, 5.41) is 10.4. The molecule has 0 atom stereocenters. The van der Waals surface area contributed by atoms with E-state index in [1.54, 1.807) is 42.5 Å². The van der Waals surface area contributed by atoms with Gasteiger partial charge < -0.3 is 20.1 Å². The number of amides is 1. The molecule has 4 aromatic carbocycles. The zero-order chi connectivity index (χ0) is 27.0. The van der Waals surface area contributed by atoms with E-state index in [1.807, 2.05) is 47.0 Å². The number of nitrogens with zero attached hydrogens (tertiary/aromatic N) is 1. The molecule has 0 bridgehead atoms. The van der Waals surface area contributed by atoms with Crippen LogP contribution in [0.1, 0.15) is 15.9 Å². The molecule has 0 aliphatic rings. The van der Waals surface area contributed by atoms with Crippen molar-refractivity contribution in [3.05, 3.63) is 96.1 Å². The summed E-state index contributed by atoms with van der Waals surface area (Å²) in [5.41, 5.74) is 9.46. The maximum atomic E-state index is 12.5. The number of hydrogen-bond donors (Lipinski definition) is 2. The van der Waals surface area contributed by atoms with Gasteiger partial charge in [-0.2, -0.15) is 0 Å². The second-order valence-corrected chi connectivity index (χ2v) is 10.9. The summed E-state index contributed by atoms with van der Waals surface area (Å²) in [6.07, 6.45) is 1.16. The lowest BCUT2D eigenvalue weighted by Crippen LogP contribution is -2.12. The van der Waals surface area contributed by atoms with Crippen LogP contribution in [0.3, 0.4) is 0 Å². The van der Waals surface area contributed by atoms with Gasteiger partial charge in [-0.1, -0.05) is 54.6 Å². The number of carbonyl (C=O) groups is 2. The first-order valence-electron chi connectivity index (χ1n) is 11.7. The third-order valence-electron chi connectivity index (χ3n) is 6.38. The lowest BCUT2D eigenvalue weighted by Gasteiger charge is -2.13. The quantitative estimate of drug-likeness (QED) is 0.306. The molecule has 192 valence electrons. The topological polar surface area (TPSA) is 129 Å². The molecule has 3 N–H and O–H groups in total. The highest BCUT2D eigenvalue weighted by molar-refractivity contribution is 7.90. The molecule has 0 fully saturated rings. The number of carboxylic acids is 1. The van der Waals surface area contributed by atoms with E-state index in [9.17, 15) is 23.1 Å². The van der Waals surface area contributed by atoms with Crippen LogP contribution >= 0.6 is 0 Å². The van der Waals surface area contributed by atoms with E-state index in [0.29, 0.717) is 27.4 Å². The summed E-state index contributed by atoms with van der Waals surface area (Å²) >= 11 is 0. The summed E-state index contributed by atoms with van der Waals surface area (Å²) in [7, 11) is -3.52. The minimum atomic E-state index is -3.52. The van der Waals surface area contributed by atoms with Gasteiger partial charge in [-0.3, -0.25) is 4.79 Å². The molecule has 0 unspecified atom stereocenters. The Labute approximate surface area is 218 Å². The number of fused-ring (bicyclic) bond motifs is 3. The SMILES string of the molecule is CS(=O)(=O)c1ccccc1Cn1c2cc(-c3ccccc3)cc(OCC(=O)O)c2c2c(C(N)=O)cccc21. The van der Waals surface area contributed by atoms with Crippen molar-refractivity contribution in [3.63, 3.8) is 0 Å². The van der Waals surface area contributed by atoms with Crippen LogP contribution in [0.5, 0.6) is 5.75 Å². The second kappa shape index (κ2) is 9.68. The number of sulfone groups is 1. The number of carboxylic acid groups (broad SMARTS) is 1. The molecule has 1 amide bonds. The predicted molar refractivity (Wildman–Crippen MR) is 145 cm³/mol. The Balaban J connectivity index is 1.89. The predicted octanol–water partition coefficient (Wildman–Crippen LogP) is 4.48. The highest BCUT2D eigenvalue weighted by atomic mass is 32.2. The van der Waals surface area contributed by atoms with E-state index in [1.165, 1.54) is 0 Å². The number of rotatable bonds is 8. The summed E-state index contributed by atoms with van der Waals surface area (Å²) in [6.45, 7) is -0.419. The van der Waals surface area contributed by atoms with Gasteiger partial charge in [-0.25, -0.2) is 13.2 Å². The van der Waals surface area contributed by atoms with E-state index in [0.717, 1.165) is 17.4 Å². The van der Waals surface area contributed by atoms with Gasteiger partial charge in [-0.15, -0.1) is 0 Å². The normalized spacial score (nSPS) is 11.6. The van der Waals surface area contributed by atoms with Crippen LogP contribution in [-0.2, 0) is 21.2 Å². The Hall–Kier alpha value is -4.63. The average molecular weight is 529 g/mol. The van der Waals surface area contributed by atoms with Crippen molar-refractivity contribution in [2.24, 2.45) is 5.73 Å². The monoisotopic (exact) mass is 528 g/mol. The highest BCUT2D eigenvalue weighted by Gasteiger charge is 2.23. The van der Waals surface area contributed by atoms with E-state index >= 15 is 0 Å². The van der Waals surface area contributed by atoms with Crippen LogP contribution in [0.2, 0.25) is 0 Å². The number of benzene rings is 4. The maximum absolute atomic E-state index is 12.5. The van der Waals surface area contributed by atoms with Crippen molar-refractivity contribution >= 4 is 43.5 Å². The van der Waals surface area contributed by atoms with E-state index in [-0.39, 0.29) is 22.8 Å². The van der Waals surface area contributed by atoms with Gasteiger partial charge in [0, 0.05) is 23.8 Å². The van der Waals surface area contributed by atoms with Crippen molar-refractivity contribution in [2.45, 2.75) is 11.4 Å². The average Bonchev–Trinajstić information content (AvgIpc) is 3.21. The van der Waals surface area contributed by atoms with Crippen molar-refractivity contribution in [1.82, 2.24) is 4.57 Å². The fraction of sp³-hybridized carbons (Fsp3) is 0.103. The highest BCUT2D eigenvalue weighted by Crippen LogP contribution is 2.41. The first-order valence-corrected chi connectivity index (χ1v) is 13.6. The van der Waals surface area contributed by atoms with E-state index in [2.05, 4.69) is 0 Å². The van der Waals surface area contributed by atoms with Crippen LogP contribution in [0.4, 0.5) is 0 Å². The molecule has 1 heterocycles. The number of aromatic nitrogens is 1. The van der Waals surface area contributed by atoms with Gasteiger partial charge in [0.2, 0.25) is 5.91 Å².